The lowest BCUT2D eigenvalue weighted by atomic mass is 10.1. The molecule has 0 bridgehead atoms. The lowest BCUT2D eigenvalue weighted by molar-refractivity contribution is -0.138. The number of aliphatic carboxylic acids is 1. The lowest BCUT2D eigenvalue weighted by Crippen LogP contribution is -2.38. The van der Waals surface area contributed by atoms with Crippen molar-refractivity contribution in [3.05, 3.63) is 29.8 Å². The van der Waals surface area contributed by atoms with E-state index in [0.29, 0.717) is 5.56 Å². The molecule has 92 valence electrons. The number of nitrogens with zero attached hydrogens (tertiary/aromatic N) is 1. The Labute approximate surface area is 100 Å². The average Bonchev–Trinajstić information content (AvgIpc) is 2.28. The Morgan fingerprint density at radius 3 is 2.53 bits per heavy atom. The summed E-state index contributed by atoms with van der Waals surface area (Å²) in [6, 6.07) is 6.10. The number of anilines is 1. The summed E-state index contributed by atoms with van der Waals surface area (Å²) in [6.45, 7) is 1.43. The van der Waals surface area contributed by atoms with Gasteiger partial charge in [0.2, 0.25) is 0 Å². The standard InChI is InChI=1S/C12H16N2O3/c1-8(12(16)17)13-11(15)9-5-4-6-10(7-9)14(2)3/h4-8H,1-3H3,(H,13,15)(H,16,17). The van der Waals surface area contributed by atoms with E-state index in [1.54, 1.807) is 18.2 Å². The third-order valence-corrected chi connectivity index (χ3v) is 2.34. The van der Waals surface area contributed by atoms with Gasteiger partial charge >= 0.3 is 5.97 Å². The molecule has 1 aromatic rings. The van der Waals surface area contributed by atoms with Gasteiger partial charge in [-0.1, -0.05) is 6.07 Å². The van der Waals surface area contributed by atoms with Gasteiger partial charge in [0, 0.05) is 25.3 Å². The number of carboxylic acid groups (broad SMARTS) is 1. The van der Waals surface area contributed by atoms with Crippen LogP contribution >= 0.6 is 0 Å². The second-order valence-electron chi connectivity index (χ2n) is 3.98. The Bertz CT molecular complexity index is 430. The molecular weight excluding hydrogens is 220 g/mol. The van der Waals surface area contributed by atoms with Gasteiger partial charge in [-0.25, -0.2) is 0 Å². The van der Waals surface area contributed by atoms with Gasteiger partial charge in [-0.15, -0.1) is 0 Å². The fourth-order valence-corrected chi connectivity index (χ4v) is 1.27. The zero-order chi connectivity index (χ0) is 13.0. The third kappa shape index (κ3) is 3.48. The van der Waals surface area contributed by atoms with E-state index in [2.05, 4.69) is 5.32 Å². The number of carbonyl (C=O) groups excluding carboxylic acids is 1. The zero-order valence-corrected chi connectivity index (χ0v) is 10.1. The largest absolute Gasteiger partial charge is 0.480 e. The van der Waals surface area contributed by atoms with E-state index in [4.69, 9.17) is 5.11 Å². The van der Waals surface area contributed by atoms with Crippen molar-refractivity contribution in [2.75, 3.05) is 19.0 Å². The molecule has 5 heteroatoms. The van der Waals surface area contributed by atoms with Crippen LogP contribution in [0.25, 0.3) is 0 Å². The first-order valence-corrected chi connectivity index (χ1v) is 5.23. The van der Waals surface area contributed by atoms with Gasteiger partial charge in [-0.2, -0.15) is 0 Å². The Kier molecular flexibility index (Phi) is 4.09. The molecule has 17 heavy (non-hydrogen) atoms. The topological polar surface area (TPSA) is 69.6 Å². The number of benzene rings is 1. The summed E-state index contributed by atoms with van der Waals surface area (Å²) in [5.74, 6) is -1.44. The summed E-state index contributed by atoms with van der Waals surface area (Å²) >= 11 is 0. The summed E-state index contributed by atoms with van der Waals surface area (Å²) in [6.07, 6.45) is 0. The van der Waals surface area contributed by atoms with Crippen molar-refractivity contribution in [3.63, 3.8) is 0 Å². The summed E-state index contributed by atoms with van der Waals surface area (Å²) in [5.41, 5.74) is 1.34. The number of hydrogen-bond acceptors (Lipinski definition) is 3. The maximum absolute atomic E-state index is 11.7. The molecule has 1 amide bonds. The van der Waals surface area contributed by atoms with Crippen LogP contribution in [0.4, 0.5) is 5.69 Å². The van der Waals surface area contributed by atoms with Gasteiger partial charge in [0.05, 0.1) is 0 Å². The highest BCUT2D eigenvalue weighted by Crippen LogP contribution is 2.13. The smallest absolute Gasteiger partial charge is 0.325 e. The minimum atomic E-state index is -1.05. The van der Waals surface area contributed by atoms with Crippen LogP contribution in [0.1, 0.15) is 17.3 Å². The quantitative estimate of drug-likeness (QED) is 0.816. The lowest BCUT2D eigenvalue weighted by Gasteiger charge is -2.14. The van der Waals surface area contributed by atoms with E-state index in [1.807, 2.05) is 25.1 Å². The Balaban J connectivity index is 2.82. The number of amides is 1. The highest BCUT2D eigenvalue weighted by molar-refractivity contribution is 5.97. The fourth-order valence-electron chi connectivity index (χ4n) is 1.27. The molecule has 5 nitrogen and oxygen atoms in total. The SMILES string of the molecule is CC(NC(=O)c1cccc(N(C)C)c1)C(=O)O. The van der Waals surface area contributed by atoms with Crippen molar-refractivity contribution in [1.29, 1.82) is 0 Å². The molecule has 0 aliphatic carbocycles. The van der Waals surface area contributed by atoms with Crippen LogP contribution < -0.4 is 10.2 Å². The number of hydrogen-bond donors (Lipinski definition) is 2. The molecule has 0 aliphatic heterocycles. The zero-order valence-electron chi connectivity index (χ0n) is 10.1. The van der Waals surface area contributed by atoms with Crippen LogP contribution in [0, 0.1) is 0 Å². The molecule has 0 fully saturated rings. The molecule has 1 aromatic carbocycles. The van der Waals surface area contributed by atoms with Gasteiger partial charge in [-0.3, -0.25) is 9.59 Å². The van der Waals surface area contributed by atoms with Crippen molar-refractivity contribution in [1.82, 2.24) is 5.32 Å². The summed E-state index contributed by atoms with van der Waals surface area (Å²) in [5, 5.41) is 11.1. The Morgan fingerprint density at radius 2 is 2.00 bits per heavy atom. The van der Waals surface area contributed by atoms with Crippen LogP contribution in [-0.4, -0.2) is 37.1 Å². The molecule has 0 aromatic heterocycles. The predicted octanol–water partition coefficient (Wildman–Crippen LogP) is 0.956. The molecule has 0 saturated carbocycles. The first-order chi connectivity index (χ1) is 7.91. The van der Waals surface area contributed by atoms with Crippen LogP contribution in [-0.2, 0) is 4.79 Å². The highest BCUT2D eigenvalue weighted by Gasteiger charge is 2.15. The molecule has 2 N–H and O–H groups in total. The van der Waals surface area contributed by atoms with Crippen LogP contribution in [0.15, 0.2) is 24.3 Å². The fraction of sp³-hybridized carbons (Fsp3) is 0.333. The van der Waals surface area contributed by atoms with Crippen molar-refractivity contribution in [3.8, 4) is 0 Å². The van der Waals surface area contributed by atoms with E-state index in [9.17, 15) is 9.59 Å². The van der Waals surface area contributed by atoms with Gasteiger partial charge in [0.25, 0.3) is 5.91 Å². The molecule has 1 atom stereocenters. The Morgan fingerprint density at radius 1 is 1.35 bits per heavy atom. The molecule has 0 spiro atoms. The number of nitrogens with one attached hydrogen (secondary N) is 1. The molecule has 0 heterocycles. The first kappa shape index (κ1) is 13.0. The van der Waals surface area contributed by atoms with Gasteiger partial charge < -0.3 is 15.3 Å². The third-order valence-electron chi connectivity index (χ3n) is 2.34. The summed E-state index contributed by atoms with van der Waals surface area (Å²) < 4.78 is 0. The van der Waals surface area contributed by atoms with Crippen LogP contribution in [0.5, 0.6) is 0 Å². The summed E-state index contributed by atoms with van der Waals surface area (Å²) in [7, 11) is 3.74. The average molecular weight is 236 g/mol. The van der Waals surface area contributed by atoms with E-state index >= 15 is 0 Å². The molecule has 1 unspecified atom stereocenters. The molecule has 1 rings (SSSR count). The monoisotopic (exact) mass is 236 g/mol. The van der Waals surface area contributed by atoms with Crippen molar-refractivity contribution >= 4 is 17.6 Å². The Hall–Kier alpha value is -2.04. The second kappa shape index (κ2) is 5.34. The van der Waals surface area contributed by atoms with Crippen molar-refractivity contribution in [2.45, 2.75) is 13.0 Å². The molecular formula is C12H16N2O3. The molecule has 0 saturated heterocycles. The number of carboxylic acids is 1. The maximum atomic E-state index is 11.7. The second-order valence-corrected chi connectivity index (χ2v) is 3.98. The predicted molar refractivity (Wildman–Crippen MR) is 65.3 cm³/mol. The summed E-state index contributed by atoms with van der Waals surface area (Å²) in [4.78, 5) is 24.2. The van der Waals surface area contributed by atoms with Crippen LogP contribution in [0.2, 0.25) is 0 Å². The number of carbonyl (C=O) groups is 2. The minimum Gasteiger partial charge on any atom is -0.480 e. The highest BCUT2D eigenvalue weighted by atomic mass is 16.4. The van der Waals surface area contributed by atoms with Gasteiger partial charge in [0.15, 0.2) is 0 Å². The normalized spacial score (nSPS) is 11.7. The number of rotatable bonds is 4. The first-order valence-electron chi connectivity index (χ1n) is 5.23. The molecule has 0 radical (unpaired) electrons. The van der Waals surface area contributed by atoms with Gasteiger partial charge in [-0.05, 0) is 25.1 Å². The molecule has 0 aliphatic rings. The van der Waals surface area contributed by atoms with Crippen molar-refractivity contribution < 1.29 is 14.7 Å². The van der Waals surface area contributed by atoms with Crippen LogP contribution in [0.3, 0.4) is 0 Å². The minimum absolute atomic E-state index is 0.386. The van der Waals surface area contributed by atoms with Gasteiger partial charge in [0.1, 0.15) is 6.04 Å². The van der Waals surface area contributed by atoms with Crippen molar-refractivity contribution in [2.24, 2.45) is 0 Å². The maximum Gasteiger partial charge on any atom is 0.325 e. The van der Waals surface area contributed by atoms with E-state index < -0.39 is 12.0 Å². The van der Waals surface area contributed by atoms with E-state index in [0.717, 1.165) is 5.69 Å². The van der Waals surface area contributed by atoms with E-state index in [-0.39, 0.29) is 5.91 Å². The van der Waals surface area contributed by atoms with E-state index in [1.165, 1.54) is 6.92 Å².